The normalized spacial score (nSPS) is 17.8. The molecule has 2 aromatic heterocycles. The van der Waals surface area contributed by atoms with E-state index in [0.717, 1.165) is 17.8 Å². The number of imidazole rings is 1. The zero-order valence-corrected chi connectivity index (χ0v) is 21.8. The molecule has 2 amide bonds. The van der Waals surface area contributed by atoms with Crippen molar-refractivity contribution in [1.29, 1.82) is 0 Å². The Morgan fingerprint density at radius 1 is 1.23 bits per heavy atom. The van der Waals surface area contributed by atoms with Crippen molar-refractivity contribution < 1.29 is 23.9 Å². The van der Waals surface area contributed by atoms with Gasteiger partial charge >= 0.3 is 5.97 Å². The van der Waals surface area contributed by atoms with Crippen LogP contribution >= 0.6 is 22.9 Å². The Morgan fingerprint density at radius 3 is 2.63 bits per heavy atom. The van der Waals surface area contributed by atoms with Crippen molar-refractivity contribution in [2.75, 3.05) is 38.3 Å². The van der Waals surface area contributed by atoms with Crippen molar-refractivity contribution in [2.24, 2.45) is 0 Å². The molecule has 2 atom stereocenters. The summed E-state index contributed by atoms with van der Waals surface area (Å²) in [5, 5.41) is 6.34. The second-order valence-corrected chi connectivity index (χ2v) is 9.24. The number of thiazole rings is 1. The number of nitrogens with zero attached hydrogens (tertiary/aromatic N) is 3. The van der Waals surface area contributed by atoms with Crippen LogP contribution in [0.3, 0.4) is 0 Å². The minimum absolute atomic E-state index is 0.0360. The highest BCUT2D eigenvalue weighted by molar-refractivity contribution is 7.17. The highest BCUT2D eigenvalue weighted by Crippen LogP contribution is 2.30. The largest absolute Gasteiger partial charge is 0.462 e. The highest BCUT2D eigenvalue weighted by Gasteiger charge is 2.35. The van der Waals surface area contributed by atoms with Crippen molar-refractivity contribution >= 4 is 45.9 Å². The maximum absolute atomic E-state index is 12.8. The molecule has 1 saturated heterocycles. The quantitative estimate of drug-likeness (QED) is 0.401. The first-order valence-corrected chi connectivity index (χ1v) is 12.8. The molecule has 35 heavy (non-hydrogen) atoms. The number of aromatic amines is 1. The number of carbonyl (C=O) groups is 3. The average Bonchev–Trinajstić information content (AvgIpc) is 3.47. The second kappa shape index (κ2) is 12.3. The van der Waals surface area contributed by atoms with Crippen LogP contribution in [0.25, 0.3) is 0 Å². The number of hydrogen-bond donors (Lipinski definition) is 3. The minimum atomic E-state index is -0.584. The lowest BCUT2D eigenvalue weighted by Crippen LogP contribution is -2.55. The highest BCUT2D eigenvalue weighted by atomic mass is 35.5. The third-order valence-electron chi connectivity index (χ3n) is 5.50. The Kier molecular flexibility index (Phi) is 9.47. The van der Waals surface area contributed by atoms with Crippen LogP contribution in [0, 0.1) is 0 Å². The van der Waals surface area contributed by atoms with Crippen LogP contribution in [0.5, 0.6) is 0 Å². The monoisotopic (exact) mass is 526 g/mol. The van der Waals surface area contributed by atoms with Gasteiger partial charge < -0.3 is 30.0 Å². The van der Waals surface area contributed by atoms with E-state index in [0.29, 0.717) is 48.5 Å². The van der Waals surface area contributed by atoms with Crippen LogP contribution in [-0.2, 0) is 15.9 Å². The van der Waals surface area contributed by atoms with Crippen LogP contribution < -0.4 is 15.5 Å². The molecule has 2 aromatic rings. The minimum Gasteiger partial charge on any atom is -0.462 e. The number of esters is 1. The molecule has 1 aliphatic rings. The molecule has 0 radical (unpaired) electrons. The van der Waals surface area contributed by atoms with E-state index in [2.05, 4.69) is 25.6 Å². The predicted molar refractivity (Wildman–Crippen MR) is 133 cm³/mol. The molecule has 0 spiro atoms. The van der Waals surface area contributed by atoms with Crippen molar-refractivity contribution in [3.8, 4) is 0 Å². The lowest BCUT2D eigenvalue weighted by molar-refractivity contribution is 0.0204. The number of rotatable bonds is 10. The topological polar surface area (TPSA) is 139 Å². The fraction of sp³-hybridized carbons (Fsp3) is 0.591. The summed E-state index contributed by atoms with van der Waals surface area (Å²) >= 11 is 7.19. The number of ether oxygens (including phenoxy) is 2. The van der Waals surface area contributed by atoms with Gasteiger partial charge in [0.05, 0.1) is 24.4 Å². The average molecular weight is 527 g/mol. The molecule has 192 valence electrons. The Balaban J connectivity index is 1.78. The lowest BCUT2D eigenvalue weighted by Gasteiger charge is -2.38. The Hall–Kier alpha value is -2.70. The molecule has 0 aromatic carbocycles. The van der Waals surface area contributed by atoms with Crippen LogP contribution in [0.2, 0.25) is 5.15 Å². The van der Waals surface area contributed by atoms with E-state index in [1.807, 2.05) is 18.7 Å². The first kappa shape index (κ1) is 26.9. The van der Waals surface area contributed by atoms with Crippen molar-refractivity contribution in [3.05, 3.63) is 27.2 Å². The number of carbonyl (C=O) groups excluding carboxylic acids is 3. The van der Waals surface area contributed by atoms with Crippen LogP contribution in [0.15, 0.2) is 0 Å². The Morgan fingerprint density at radius 2 is 2.00 bits per heavy atom. The summed E-state index contributed by atoms with van der Waals surface area (Å²) in [7, 11) is 1.48. The molecule has 3 N–H and O–H groups in total. The third-order valence-corrected chi connectivity index (χ3v) is 6.91. The van der Waals surface area contributed by atoms with Crippen molar-refractivity contribution in [2.45, 2.75) is 52.2 Å². The fourth-order valence-corrected chi connectivity index (χ4v) is 4.97. The van der Waals surface area contributed by atoms with Crippen LogP contribution in [0.1, 0.15) is 70.1 Å². The van der Waals surface area contributed by atoms with E-state index < -0.39 is 11.9 Å². The number of aromatic nitrogens is 3. The predicted octanol–water partition coefficient (Wildman–Crippen LogP) is 2.42. The van der Waals surface area contributed by atoms with Gasteiger partial charge in [0.25, 0.3) is 11.8 Å². The fourth-order valence-electron chi connectivity index (χ4n) is 3.71. The zero-order chi connectivity index (χ0) is 25.5. The number of hydrogen-bond acceptors (Lipinski definition) is 9. The third kappa shape index (κ3) is 6.30. The number of H-pyrrole nitrogens is 1. The van der Waals surface area contributed by atoms with Gasteiger partial charge in [-0.2, -0.15) is 0 Å². The SMILES string of the molecule is CCCO[C@H]1CN(c2nc(C(=O)NC)c(C(=O)OCC)s2)CC[C@H]1NC(=O)c1nc(Cl)c(CC)[nH]1. The Bertz CT molecular complexity index is 1060. The smallest absolute Gasteiger partial charge is 0.350 e. The van der Waals surface area contributed by atoms with Gasteiger partial charge in [0.2, 0.25) is 0 Å². The summed E-state index contributed by atoms with van der Waals surface area (Å²) in [4.78, 5) is 51.2. The summed E-state index contributed by atoms with van der Waals surface area (Å²) < 4.78 is 11.2. The first-order chi connectivity index (χ1) is 16.8. The van der Waals surface area contributed by atoms with Gasteiger partial charge in [-0.1, -0.05) is 36.8 Å². The summed E-state index contributed by atoms with van der Waals surface area (Å²) in [5.74, 6) is -1.23. The van der Waals surface area contributed by atoms with Crippen LogP contribution in [0.4, 0.5) is 5.13 Å². The molecule has 13 heteroatoms. The molecular formula is C22H31ClN6O5S. The maximum atomic E-state index is 12.8. The van der Waals surface area contributed by atoms with E-state index in [1.165, 1.54) is 7.05 Å². The number of amides is 2. The van der Waals surface area contributed by atoms with Gasteiger partial charge in [0.15, 0.2) is 21.8 Å². The summed E-state index contributed by atoms with van der Waals surface area (Å²) in [6.45, 7) is 7.31. The van der Waals surface area contributed by atoms with Gasteiger partial charge in [-0.25, -0.2) is 14.8 Å². The van der Waals surface area contributed by atoms with Gasteiger partial charge in [-0.05, 0) is 26.2 Å². The maximum Gasteiger partial charge on any atom is 0.350 e. The second-order valence-electron chi connectivity index (χ2n) is 7.91. The molecule has 0 aliphatic carbocycles. The molecule has 3 rings (SSSR count). The molecular weight excluding hydrogens is 496 g/mol. The first-order valence-electron chi connectivity index (χ1n) is 11.6. The van der Waals surface area contributed by atoms with E-state index in [9.17, 15) is 14.4 Å². The van der Waals surface area contributed by atoms with Gasteiger partial charge in [-0.3, -0.25) is 9.59 Å². The van der Waals surface area contributed by atoms with Gasteiger partial charge in [0, 0.05) is 26.7 Å². The summed E-state index contributed by atoms with van der Waals surface area (Å²) in [5.41, 5.74) is 0.743. The molecule has 0 unspecified atom stereocenters. The molecule has 3 heterocycles. The number of anilines is 1. The number of aryl methyl sites for hydroxylation is 1. The number of piperidine rings is 1. The van der Waals surface area contributed by atoms with E-state index >= 15 is 0 Å². The number of nitrogens with one attached hydrogen (secondary N) is 3. The lowest BCUT2D eigenvalue weighted by atomic mass is 10.0. The molecule has 1 fully saturated rings. The van der Waals surface area contributed by atoms with Crippen molar-refractivity contribution in [1.82, 2.24) is 25.6 Å². The van der Waals surface area contributed by atoms with E-state index in [4.69, 9.17) is 21.1 Å². The van der Waals surface area contributed by atoms with Gasteiger partial charge in [0.1, 0.15) is 4.88 Å². The molecule has 0 saturated carbocycles. The standard InChI is InChI=1S/C22H31ClN6O5S/c1-5-10-34-14-11-29(22-27-15(19(30)24-4)16(35-22)21(32)33-7-3)9-8-13(14)26-20(31)18-25-12(6-2)17(23)28-18/h13-14H,5-11H2,1-4H3,(H,24,30)(H,25,28)(H,26,31)/t13-,14+/m1/s1. The summed E-state index contributed by atoms with van der Waals surface area (Å²) in [6, 6.07) is -0.262. The van der Waals surface area contributed by atoms with Crippen molar-refractivity contribution in [3.63, 3.8) is 0 Å². The zero-order valence-electron chi connectivity index (χ0n) is 20.3. The molecule has 1 aliphatic heterocycles. The summed E-state index contributed by atoms with van der Waals surface area (Å²) in [6.07, 6.45) is 1.69. The van der Waals surface area contributed by atoms with E-state index in [-0.39, 0.29) is 41.1 Å². The van der Waals surface area contributed by atoms with Crippen LogP contribution in [-0.4, -0.2) is 78.2 Å². The molecule has 0 bridgehead atoms. The molecule has 11 nitrogen and oxygen atoms in total. The van der Waals surface area contributed by atoms with E-state index in [1.54, 1.807) is 6.92 Å². The Labute approximate surface area is 212 Å². The van der Waals surface area contributed by atoms with Gasteiger partial charge in [-0.15, -0.1) is 0 Å². The number of halogens is 1.